The molecule has 0 bridgehead atoms. The van der Waals surface area contributed by atoms with E-state index in [-0.39, 0.29) is 16.6 Å². The number of hydrogen-bond donors (Lipinski definition) is 0. The minimum absolute atomic E-state index is 0.159. The molecule has 0 atom stereocenters. The summed E-state index contributed by atoms with van der Waals surface area (Å²) in [7, 11) is 3.97. The van der Waals surface area contributed by atoms with E-state index in [1.54, 1.807) is 0 Å². The van der Waals surface area contributed by atoms with Crippen LogP contribution in [0.25, 0.3) is 0 Å². The van der Waals surface area contributed by atoms with Crippen molar-refractivity contribution < 1.29 is 17.9 Å². The van der Waals surface area contributed by atoms with Crippen LogP contribution >= 0.6 is 0 Å². The van der Waals surface area contributed by atoms with E-state index >= 15 is 0 Å². The third kappa shape index (κ3) is 5.91. The van der Waals surface area contributed by atoms with Crippen LogP contribution in [0.5, 0.6) is 5.75 Å². The number of hydrogen-bond acceptors (Lipinski definition) is 2. The molecule has 2 rings (SSSR count). The van der Waals surface area contributed by atoms with Crippen molar-refractivity contribution >= 4 is 5.69 Å². The van der Waals surface area contributed by atoms with Crippen LogP contribution in [-0.2, 0) is 17.3 Å². The van der Waals surface area contributed by atoms with E-state index in [1.807, 2.05) is 45.8 Å². The number of alkyl halides is 3. The van der Waals surface area contributed by atoms with Gasteiger partial charge in [-0.3, -0.25) is 0 Å². The maximum absolute atomic E-state index is 12.8. The second kappa shape index (κ2) is 7.69. The first kappa shape index (κ1) is 22.1. The van der Waals surface area contributed by atoms with E-state index in [0.717, 1.165) is 22.4 Å². The van der Waals surface area contributed by atoms with E-state index in [1.165, 1.54) is 12.1 Å². The summed E-state index contributed by atoms with van der Waals surface area (Å²) in [6.07, 6.45) is -4.10. The van der Waals surface area contributed by atoms with Crippen molar-refractivity contribution in [3.8, 4) is 5.75 Å². The molecule has 0 aromatic heterocycles. The molecule has 0 heterocycles. The summed E-state index contributed by atoms with van der Waals surface area (Å²) in [6, 6.07) is 13.2. The van der Waals surface area contributed by atoms with Crippen LogP contribution in [0, 0.1) is 0 Å². The van der Waals surface area contributed by atoms with Gasteiger partial charge in [0.2, 0.25) is 0 Å². The van der Waals surface area contributed by atoms with Gasteiger partial charge in [-0.2, -0.15) is 0 Å². The molecule has 154 valence electrons. The van der Waals surface area contributed by atoms with Crippen LogP contribution in [0.1, 0.15) is 51.3 Å². The Kier molecular flexibility index (Phi) is 6.07. The summed E-state index contributed by atoms with van der Waals surface area (Å²) in [4.78, 5) is 2.03. The minimum Gasteiger partial charge on any atom is -0.406 e. The molecular formula is C23H30F3NO. The third-order valence-corrected chi connectivity index (χ3v) is 4.88. The maximum atomic E-state index is 12.8. The van der Waals surface area contributed by atoms with Gasteiger partial charge in [-0.15, -0.1) is 13.2 Å². The molecule has 2 nitrogen and oxygen atoms in total. The van der Waals surface area contributed by atoms with E-state index in [0.29, 0.717) is 6.42 Å². The molecule has 2 aromatic carbocycles. The highest BCUT2D eigenvalue weighted by Gasteiger charge is 2.32. The van der Waals surface area contributed by atoms with E-state index in [2.05, 4.69) is 42.8 Å². The molecule has 0 saturated heterocycles. The molecule has 0 saturated carbocycles. The third-order valence-electron chi connectivity index (χ3n) is 4.88. The summed E-state index contributed by atoms with van der Waals surface area (Å²) in [5.41, 5.74) is 3.37. The lowest BCUT2D eigenvalue weighted by Gasteiger charge is -2.28. The van der Waals surface area contributed by atoms with Crippen molar-refractivity contribution in [1.82, 2.24) is 0 Å². The first-order valence-corrected chi connectivity index (χ1v) is 9.35. The average Bonchev–Trinajstić information content (AvgIpc) is 2.51. The predicted molar refractivity (Wildman–Crippen MR) is 109 cm³/mol. The zero-order valence-corrected chi connectivity index (χ0v) is 17.7. The lowest BCUT2D eigenvalue weighted by molar-refractivity contribution is -0.274. The molecule has 0 aliphatic heterocycles. The Morgan fingerprint density at radius 1 is 0.821 bits per heavy atom. The quantitative estimate of drug-likeness (QED) is 0.577. The summed E-state index contributed by atoms with van der Waals surface area (Å²) in [5, 5.41) is 0. The Morgan fingerprint density at radius 2 is 1.39 bits per heavy atom. The largest absolute Gasteiger partial charge is 0.573 e. The van der Waals surface area contributed by atoms with Gasteiger partial charge in [0, 0.05) is 19.8 Å². The first-order valence-electron chi connectivity index (χ1n) is 9.35. The smallest absolute Gasteiger partial charge is 0.406 e. The lowest BCUT2D eigenvalue weighted by atomic mass is 9.77. The first-order chi connectivity index (χ1) is 12.7. The maximum Gasteiger partial charge on any atom is 0.573 e. The van der Waals surface area contributed by atoms with Gasteiger partial charge >= 0.3 is 6.36 Å². The number of anilines is 1. The van der Waals surface area contributed by atoms with E-state index < -0.39 is 6.36 Å². The molecule has 0 fully saturated rings. The number of halogens is 3. The molecule has 2 aromatic rings. The Balaban J connectivity index is 2.38. The van der Waals surface area contributed by atoms with Crippen LogP contribution in [0.15, 0.2) is 42.5 Å². The van der Waals surface area contributed by atoms with Crippen LogP contribution in [0.3, 0.4) is 0 Å². The van der Waals surface area contributed by atoms with Crippen molar-refractivity contribution in [2.24, 2.45) is 0 Å². The van der Waals surface area contributed by atoms with Gasteiger partial charge in [-0.25, -0.2) is 0 Å². The second-order valence-electron chi connectivity index (χ2n) is 9.17. The normalized spacial score (nSPS) is 12.8. The molecule has 0 aliphatic carbocycles. The topological polar surface area (TPSA) is 12.5 Å². The molecule has 0 unspecified atom stereocenters. The van der Waals surface area contributed by atoms with E-state index in [9.17, 15) is 13.2 Å². The Labute approximate surface area is 166 Å². The number of rotatable bonds is 5. The summed E-state index contributed by atoms with van der Waals surface area (Å²) >= 11 is 0. The standard InChI is InChI=1S/C23H30F3NO/c1-21(2,3)18-12-16(13-20(14-18)28-23(24,25)26)15-22(4,5)17-8-10-19(11-9-17)27(6)7/h8-14H,15H2,1-7H3. The highest BCUT2D eigenvalue weighted by molar-refractivity contribution is 5.48. The Hall–Kier alpha value is -2.17. The monoisotopic (exact) mass is 393 g/mol. The fourth-order valence-corrected chi connectivity index (χ4v) is 3.21. The van der Waals surface area contributed by atoms with Crippen LogP contribution in [-0.4, -0.2) is 20.5 Å². The SMILES string of the molecule is CN(C)c1ccc(C(C)(C)Cc2cc(OC(F)(F)F)cc(C(C)(C)C)c2)cc1. The Bertz CT molecular complexity index is 800. The van der Waals surface area contributed by atoms with Crippen molar-refractivity contribution in [2.75, 3.05) is 19.0 Å². The van der Waals surface area contributed by atoms with Crippen molar-refractivity contribution in [3.63, 3.8) is 0 Å². The average molecular weight is 393 g/mol. The summed E-state index contributed by atoms with van der Waals surface area (Å²) < 4.78 is 42.6. The molecule has 0 amide bonds. The van der Waals surface area contributed by atoms with Crippen molar-refractivity contribution in [1.29, 1.82) is 0 Å². The zero-order valence-electron chi connectivity index (χ0n) is 17.7. The molecule has 0 aliphatic rings. The number of nitrogens with zero attached hydrogens (tertiary/aromatic N) is 1. The van der Waals surface area contributed by atoms with Gasteiger partial charge in [-0.1, -0.05) is 52.8 Å². The molecule has 0 radical (unpaired) electrons. The lowest BCUT2D eigenvalue weighted by Crippen LogP contribution is -2.22. The van der Waals surface area contributed by atoms with Crippen molar-refractivity contribution in [2.45, 2.75) is 58.2 Å². The molecular weight excluding hydrogens is 363 g/mol. The minimum atomic E-state index is -4.70. The van der Waals surface area contributed by atoms with Gasteiger partial charge in [0.1, 0.15) is 5.75 Å². The predicted octanol–water partition coefficient (Wildman–Crippen LogP) is 6.47. The fraction of sp³-hybridized carbons (Fsp3) is 0.478. The Morgan fingerprint density at radius 3 is 1.86 bits per heavy atom. The molecule has 0 spiro atoms. The number of ether oxygens (including phenoxy) is 1. The zero-order chi connectivity index (χ0) is 21.3. The highest BCUT2D eigenvalue weighted by Crippen LogP contribution is 2.34. The fourth-order valence-electron chi connectivity index (χ4n) is 3.21. The van der Waals surface area contributed by atoms with Gasteiger partial charge in [0.25, 0.3) is 0 Å². The summed E-state index contributed by atoms with van der Waals surface area (Å²) in [5.74, 6) is -0.159. The van der Waals surface area contributed by atoms with Gasteiger partial charge in [0.15, 0.2) is 0 Å². The van der Waals surface area contributed by atoms with Crippen molar-refractivity contribution in [3.05, 3.63) is 59.2 Å². The summed E-state index contributed by atoms with van der Waals surface area (Å²) in [6.45, 7) is 10.1. The van der Waals surface area contributed by atoms with E-state index in [4.69, 9.17) is 0 Å². The van der Waals surface area contributed by atoms with Gasteiger partial charge < -0.3 is 9.64 Å². The van der Waals surface area contributed by atoms with Gasteiger partial charge in [-0.05, 0) is 58.2 Å². The molecule has 28 heavy (non-hydrogen) atoms. The number of benzene rings is 2. The second-order valence-corrected chi connectivity index (χ2v) is 9.17. The molecule has 0 N–H and O–H groups in total. The van der Waals surface area contributed by atoms with Gasteiger partial charge in [0.05, 0.1) is 0 Å². The van der Waals surface area contributed by atoms with Crippen LogP contribution < -0.4 is 9.64 Å². The highest BCUT2D eigenvalue weighted by atomic mass is 19.4. The molecule has 5 heteroatoms. The van der Waals surface area contributed by atoms with Crippen LogP contribution in [0.2, 0.25) is 0 Å². The van der Waals surface area contributed by atoms with Crippen LogP contribution in [0.4, 0.5) is 18.9 Å².